The van der Waals surface area contributed by atoms with Crippen molar-refractivity contribution in [1.82, 2.24) is 10.2 Å². The van der Waals surface area contributed by atoms with Crippen molar-refractivity contribution < 1.29 is 4.42 Å². The van der Waals surface area contributed by atoms with Crippen LogP contribution < -0.4 is 5.32 Å². The van der Waals surface area contributed by atoms with Gasteiger partial charge in [0.05, 0.1) is 6.54 Å². The first kappa shape index (κ1) is 17.3. The number of hydrogen-bond donors (Lipinski definition) is 1. The van der Waals surface area contributed by atoms with Gasteiger partial charge in [-0.15, -0.1) is 0 Å². The zero-order valence-electron chi connectivity index (χ0n) is 14.3. The van der Waals surface area contributed by atoms with Gasteiger partial charge in [-0.3, -0.25) is 4.90 Å². The van der Waals surface area contributed by atoms with Crippen molar-refractivity contribution in [3.63, 3.8) is 0 Å². The molecule has 1 unspecified atom stereocenters. The Labute approximate surface area is 124 Å². The molecule has 0 aliphatic heterocycles. The highest BCUT2D eigenvalue weighted by molar-refractivity contribution is 5.05. The topological polar surface area (TPSA) is 28.4 Å². The first-order valence-corrected chi connectivity index (χ1v) is 7.62. The monoisotopic (exact) mass is 280 g/mol. The second-order valence-corrected chi connectivity index (χ2v) is 7.45. The van der Waals surface area contributed by atoms with Gasteiger partial charge in [0, 0.05) is 18.6 Å². The Hall–Kier alpha value is -0.800. The highest BCUT2D eigenvalue weighted by Gasteiger charge is 2.26. The summed E-state index contributed by atoms with van der Waals surface area (Å²) in [6.07, 6.45) is 1.16. The quantitative estimate of drug-likeness (QED) is 0.823. The molecule has 1 rings (SSSR count). The number of hydrogen-bond acceptors (Lipinski definition) is 3. The fourth-order valence-electron chi connectivity index (χ4n) is 2.31. The summed E-state index contributed by atoms with van der Waals surface area (Å²) in [7, 11) is 2.17. The Balaban J connectivity index is 2.53. The molecule has 1 N–H and O–H groups in total. The van der Waals surface area contributed by atoms with Gasteiger partial charge in [0.25, 0.3) is 0 Å². The second kappa shape index (κ2) is 6.77. The minimum Gasteiger partial charge on any atom is -0.465 e. The molecule has 1 atom stereocenters. The van der Waals surface area contributed by atoms with Crippen LogP contribution in [0.3, 0.4) is 0 Å². The molecule has 116 valence electrons. The molecule has 0 saturated carbocycles. The minimum absolute atomic E-state index is 0.174. The molecule has 0 amide bonds. The lowest BCUT2D eigenvalue weighted by Crippen LogP contribution is -2.46. The maximum absolute atomic E-state index is 5.66. The number of nitrogens with zero attached hydrogens (tertiary/aromatic N) is 1. The van der Waals surface area contributed by atoms with E-state index < -0.39 is 0 Å². The smallest absolute Gasteiger partial charge is 0.118 e. The fourth-order valence-corrected chi connectivity index (χ4v) is 2.31. The molecular weight excluding hydrogens is 248 g/mol. The molecule has 3 nitrogen and oxygen atoms in total. The van der Waals surface area contributed by atoms with Crippen molar-refractivity contribution in [2.75, 3.05) is 20.1 Å². The summed E-state index contributed by atoms with van der Waals surface area (Å²) < 4.78 is 5.66. The molecule has 0 aliphatic carbocycles. The van der Waals surface area contributed by atoms with E-state index in [4.69, 9.17) is 4.42 Å². The van der Waals surface area contributed by atoms with Crippen LogP contribution in [0.15, 0.2) is 16.5 Å². The average Bonchev–Trinajstić information content (AvgIpc) is 2.71. The Morgan fingerprint density at radius 2 is 1.85 bits per heavy atom. The van der Waals surface area contributed by atoms with Crippen LogP contribution in [0.1, 0.15) is 52.6 Å². The number of nitrogens with one attached hydrogen (secondary N) is 1. The number of aryl methyl sites for hydroxylation is 1. The fraction of sp³-hybridized carbons (Fsp3) is 0.765. The van der Waals surface area contributed by atoms with E-state index >= 15 is 0 Å². The maximum atomic E-state index is 5.66. The lowest BCUT2D eigenvalue weighted by Gasteiger charge is -2.36. The van der Waals surface area contributed by atoms with Gasteiger partial charge in [0.2, 0.25) is 0 Å². The van der Waals surface area contributed by atoms with Gasteiger partial charge in [-0.05, 0) is 58.7 Å². The van der Waals surface area contributed by atoms with Gasteiger partial charge >= 0.3 is 0 Å². The first-order chi connectivity index (χ1) is 9.13. The summed E-state index contributed by atoms with van der Waals surface area (Å²) in [5.74, 6) is 2.04. The van der Waals surface area contributed by atoms with Crippen LogP contribution in [-0.2, 0) is 6.54 Å². The van der Waals surface area contributed by atoms with Crippen LogP contribution in [0.5, 0.6) is 0 Å². The van der Waals surface area contributed by atoms with E-state index in [2.05, 4.69) is 57.9 Å². The average molecular weight is 280 g/mol. The Bertz CT molecular complexity index is 405. The van der Waals surface area contributed by atoms with E-state index in [0.717, 1.165) is 37.6 Å². The summed E-state index contributed by atoms with van der Waals surface area (Å²) in [6, 6.07) is 4.10. The van der Waals surface area contributed by atoms with E-state index in [0.29, 0.717) is 0 Å². The molecule has 0 fully saturated rings. The normalized spacial score (nSPS) is 15.6. The third-order valence-electron chi connectivity index (χ3n) is 3.77. The van der Waals surface area contributed by atoms with Crippen molar-refractivity contribution >= 4 is 0 Å². The van der Waals surface area contributed by atoms with Crippen molar-refractivity contribution in [2.45, 2.75) is 60.0 Å². The number of furan rings is 1. The second-order valence-electron chi connectivity index (χ2n) is 7.45. The van der Waals surface area contributed by atoms with Gasteiger partial charge in [-0.1, -0.05) is 13.8 Å². The van der Waals surface area contributed by atoms with E-state index in [-0.39, 0.29) is 11.0 Å². The summed E-state index contributed by atoms with van der Waals surface area (Å²) >= 11 is 0. The molecule has 1 heterocycles. The van der Waals surface area contributed by atoms with Gasteiger partial charge in [0.1, 0.15) is 11.5 Å². The van der Waals surface area contributed by atoms with Crippen LogP contribution in [0, 0.1) is 12.3 Å². The molecule has 1 aromatic rings. The van der Waals surface area contributed by atoms with Crippen molar-refractivity contribution in [3.05, 3.63) is 23.7 Å². The Morgan fingerprint density at radius 3 is 2.30 bits per heavy atom. The minimum atomic E-state index is 0.174. The van der Waals surface area contributed by atoms with Crippen molar-refractivity contribution in [1.29, 1.82) is 0 Å². The third kappa shape index (κ3) is 6.10. The van der Waals surface area contributed by atoms with Crippen molar-refractivity contribution in [2.24, 2.45) is 5.41 Å². The van der Waals surface area contributed by atoms with E-state index in [1.165, 1.54) is 0 Å². The van der Waals surface area contributed by atoms with E-state index in [1.54, 1.807) is 0 Å². The Morgan fingerprint density at radius 1 is 1.20 bits per heavy atom. The van der Waals surface area contributed by atoms with E-state index in [1.807, 2.05) is 13.0 Å². The van der Waals surface area contributed by atoms with Crippen LogP contribution >= 0.6 is 0 Å². The molecule has 0 radical (unpaired) electrons. The van der Waals surface area contributed by atoms with Crippen LogP contribution in [-0.4, -0.2) is 30.6 Å². The van der Waals surface area contributed by atoms with Crippen molar-refractivity contribution in [3.8, 4) is 0 Å². The van der Waals surface area contributed by atoms with Crippen LogP contribution in [0.4, 0.5) is 0 Å². The summed E-state index contributed by atoms with van der Waals surface area (Å²) in [5, 5.41) is 3.64. The molecule has 3 heteroatoms. The van der Waals surface area contributed by atoms with Gasteiger partial charge in [-0.2, -0.15) is 0 Å². The molecular formula is C17H32N2O. The lowest BCUT2D eigenvalue weighted by atomic mass is 9.86. The molecule has 0 saturated heterocycles. The predicted molar refractivity (Wildman–Crippen MR) is 85.9 cm³/mol. The highest BCUT2D eigenvalue weighted by Crippen LogP contribution is 2.23. The summed E-state index contributed by atoms with van der Waals surface area (Å²) in [6.45, 7) is 16.3. The van der Waals surface area contributed by atoms with Gasteiger partial charge < -0.3 is 9.73 Å². The van der Waals surface area contributed by atoms with Gasteiger partial charge in [0.15, 0.2) is 0 Å². The van der Waals surface area contributed by atoms with Crippen LogP contribution in [0.2, 0.25) is 0 Å². The molecule has 20 heavy (non-hydrogen) atoms. The molecule has 1 aromatic heterocycles. The third-order valence-corrected chi connectivity index (χ3v) is 3.77. The SMILES string of the molecule is CCC(C)(CNC(C)(C)C)CN(C)Cc1ccc(C)o1. The Kier molecular flexibility index (Phi) is 5.84. The van der Waals surface area contributed by atoms with Gasteiger partial charge in [-0.25, -0.2) is 0 Å². The zero-order valence-corrected chi connectivity index (χ0v) is 14.3. The lowest BCUT2D eigenvalue weighted by molar-refractivity contribution is 0.157. The largest absolute Gasteiger partial charge is 0.465 e. The molecule has 0 spiro atoms. The maximum Gasteiger partial charge on any atom is 0.118 e. The van der Waals surface area contributed by atoms with E-state index in [9.17, 15) is 0 Å². The molecule has 0 bridgehead atoms. The standard InChI is InChI=1S/C17H32N2O/c1-8-17(6,12-18-16(3,4)5)13-19(7)11-15-10-9-14(2)20-15/h9-10,18H,8,11-13H2,1-7H3. The van der Waals surface area contributed by atoms with Crippen LogP contribution in [0.25, 0.3) is 0 Å². The number of rotatable bonds is 7. The molecule has 0 aromatic carbocycles. The molecule has 0 aliphatic rings. The zero-order chi connectivity index (χ0) is 15.4. The summed E-state index contributed by atoms with van der Waals surface area (Å²) in [4.78, 5) is 2.35. The predicted octanol–water partition coefficient (Wildman–Crippen LogP) is 3.82. The highest BCUT2D eigenvalue weighted by atomic mass is 16.3. The summed E-state index contributed by atoms with van der Waals surface area (Å²) in [5.41, 5.74) is 0.455. The first-order valence-electron chi connectivity index (χ1n) is 7.62.